The Balaban J connectivity index is 2.42. The minimum Gasteiger partial charge on any atom is -0.393 e. The molecule has 0 aliphatic carbocycles. The third-order valence-corrected chi connectivity index (χ3v) is 3.21. The summed E-state index contributed by atoms with van der Waals surface area (Å²) in [6.45, 7) is -0.145. The maximum Gasteiger partial charge on any atom is 0.351 e. The van der Waals surface area contributed by atoms with Gasteiger partial charge in [0, 0.05) is 12.6 Å². The number of hydrogen-bond donors (Lipinski definition) is 3. The summed E-state index contributed by atoms with van der Waals surface area (Å²) in [5, 5.41) is 19.5. The molecule has 0 bridgehead atoms. The Hall–Kier alpha value is -1.51. The Morgan fingerprint density at radius 1 is 1.74 bits per heavy atom. The van der Waals surface area contributed by atoms with Crippen LogP contribution in [0.15, 0.2) is 17.1 Å². The fourth-order valence-corrected chi connectivity index (χ4v) is 2.32. The van der Waals surface area contributed by atoms with Gasteiger partial charge in [0.1, 0.15) is 23.7 Å². The minimum absolute atomic E-state index is 0.0396. The van der Waals surface area contributed by atoms with Gasteiger partial charge in [0.15, 0.2) is 6.23 Å². The Morgan fingerprint density at radius 2 is 2.42 bits per heavy atom. The molecule has 0 saturated carbocycles. The lowest BCUT2D eigenvalue weighted by atomic mass is 9.92. The number of hydrogen-bond acceptors (Lipinski definition) is 6. The lowest BCUT2D eigenvalue weighted by Crippen LogP contribution is -2.38. The van der Waals surface area contributed by atoms with Crippen molar-refractivity contribution in [2.75, 3.05) is 19.0 Å². The van der Waals surface area contributed by atoms with Crippen LogP contribution in [0.4, 0.5) is 10.2 Å². The van der Waals surface area contributed by atoms with Crippen molar-refractivity contribution >= 4 is 5.82 Å². The van der Waals surface area contributed by atoms with Crippen molar-refractivity contribution in [2.45, 2.75) is 30.8 Å². The standard InChI is InChI=1S/C11H16FN3O4/c1-10(18)4-11(5-12,6-16)19-8(10)15-3-2-7(13)14-9(15)17/h2-3,8,16,18H,4-6H2,1H3,(H2,13,14,17). The van der Waals surface area contributed by atoms with E-state index in [4.69, 9.17) is 10.5 Å². The van der Waals surface area contributed by atoms with Gasteiger partial charge < -0.3 is 20.7 Å². The van der Waals surface area contributed by atoms with Crippen molar-refractivity contribution in [3.63, 3.8) is 0 Å². The molecule has 1 fully saturated rings. The predicted molar refractivity (Wildman–Crippen MR) is 64.1 cm³/mol. The molecule has 8 heteroatoms. The zero-order chi connectivity index (χ0) is 14.3. The molecule has 1 aromatic heterocycles. The average Bonchev–Trinajstić information content (AvgIpc) is 2.62. The minimum atomic E-state index is -1.50. The van der Waals surface area contributed by atoms with E-state index >= 15 is 0 Å². The molecule has 3 atom stereocenters. The smallest absolute Gasteiger partial charge is 0.351 e. The van der Waals surface area contributed by atoms with Crippen molar-refractivity contribution in [3.8, 4) is 0 Å². The summed E-state index contributed by atoms with van der Waals surface area (Å²) in [6.07, 6.45) is 0.0558. The van der Waals surface area contributed by atoms with E-state index < -0.39 is 36.4 Å². The third-order valence-electron chi connectivity index (χ3n) is 3.21. The lowest BCUT2D eigenvalue weighted by molar-refractivity contribution is -0.133. The van der Waals surface area contributed by atoms with Crippen LogP contribution in [-0.4, -0.2) is 44.2 Å². The second-order valence-corrected chi connectivity index (χ2v) is 5.02. The summed E-state index contributed by atoms with van der Waals surface area (Å²) >= 11 is 0. The largest absolute Gasteiger partial charge is 0.393 e. The molecule has 4 N–H and O–H groups in total. The van der Waals surface area contributed by atoms with Gasteiger partial charge in [-0.25, -0.2) is 9.18 Å². The Morgan fingerprint density at radius 3 is 2.89 bits per heavy atom. The van der Waals surface area contributed by atoms with Crippen molar-refractivity contribution in [3.05, 3.63) is 22.7 Å². The Kier molecular flexibility index (Phi) is 3.33. The first kappa shape index (κ1) is 13.9. The highest BCUT2D eigenvalue weighted by Gasteiger charge is 2.54. The maximum atomic E-state index is 13.0. The summed E-state index contributed by atoms with van der Waals surface area (Å²) < 4.78 is 19.4. The fourth-order valence-electron chi connectivity index (χ4n) is 2.32. The molecule has 0 aromatic carbocycles. The van der Waals surface area contributed by atoms with Gasteiger partial charge in [-0.05, 0) is 13.0 Å². The molecule has 1 aromatic rings. The van der Waals surface area contributed by atoms with Crippen LogP contribution < -0.4 is 11.4 Å². The number of aromatic nitrogens is 2. The zero-order valence-corrected chi connectivity index (χ0v) is 10.4. The SMILES string of the molecule is CC1(O)CC(CO)(CF)OC1n1ccc(N)nc1=O. The molecule has 2 rings (SSSR count). The topological polar surface area (TPSA) is 111 Å². The van der Waals surface area contributed by atoms with E-state index in [1.165, 1.54) is 19.2 Å². The number of ether oxygens (including phenoxy) is 1. The van der Waals surface area contributed by atoms with E-state index in [-0.39, 0.29) is 12.2 Å². The van der Waals surface area contributed by atoms with E-state index in [2.05, 4.69) is 4.98 Å². The number of aliphatic hydroxyl groups excluding tert-OH is 1. The first-order chi connectivity index (χ1) is 8.83. The van der Waals surface area contributed by atoms with Crippen LogP contribution in [0, 0.1) is 0 Å². The molecule has 0 radical (unpaired) electrons. The Bertz CT molecular complexity index is 527. The van der Waals surface area contributed by atoms with Crippen LogP contribution in [0.3, 0.4) is 0 Å². The van der Waals surface area contributed by atoms with Gasteiger partial charge in [-0.15, -0.1) is 0 Å². The van der Waals surface area contributed by atoms with Crippen LogP contribution in [-0.2, 0) is 4.74 Å². The molecule has 0 spiro atoms. The number of nitrogen functional groups attached to an aromatic ring is 1. The summed E-state index contributed by atoms with van der Waals surface area (Å²) in [7, 11) is 0. The van der Waals surface area contributed by atoms with Gasteiger partial charge in [-0.1, -0.05) is 0 Å². The van der Waals surface area contributed by atoms with E-state index in [1.54, 1.807) is 0 Å². The summed E-state index contributed by atoms with van der Waals surface area (Å²) in [5.74, 6) is 0.0396. The van der Waals surface area contributed by atoms with Crippen LogP contribution >= 0.6 is 0 Å². The normalized spacial score (nSPS) is 34.6. The number of rotatable bonds is 3. The molecule has 2 heterocycles. The highest BCUT2D eigenvalue weighted by atomic mass is 19.1. The molecule has 3 unspecified atom stereocenters. The second-order valence-electron chi connectivity index (χ2n) is 5.02. The molecule has 1 saturated heterocycles. The Labute approximate surface area is 108 Å². The number of alkyl halides is 1. The average molecular weight is 273 g/mol. The fraction of sp³-hybridized carbons (Fsp3) is 0.636. The van der Waals surface area contributed by atoms with E-state index in [0.29, 0.717) is 0 Å². The van der Waals surface area contributed by atoms with Crippen LogP contribution in [0.25, 0.3) is 0 Å². The second kappa shape index (κ2) is 4.55. The van der Waals surface area contributed by atoms with Crippen molar-refractivity contribution < 1.29 is 19.3 Å². The number of halogens is 1. The van der Waals surface area contributed by atoms with Gasteiger partial charge in [-0.3, -0.25) is 4.57 Å². The van der Waals surface area contributed by atoms with Crippen LogP contribution in [0.2, 0.25) is 0 Å². The zero-order valence-electron chi connectivity index (χ0n) is 10.4. The van der Waals surface area contributed by atoms with Crippen molar-refractivity contribution in [1.82, 2.24) is 9.55 Å². The first-order valence-corrected chi connectivity index (χ1v) is 5.75. The quantitative estimate of drug-likeness (QED) is 0.664. The molecule has 0 amide bonds. The molecule has 106 valence electrons. The van der Waals surface area contributed by atoms with E-state index in [0.717, 1.165) is 4.57 Å². The summed E-state index contributed by atoms with van der Waals surface area (Å²) in [6, 6.07) is 1.37. The first-order valence-electron chi connectivity index (χ1n) is 5.75. The highest BCUT2D eigenvalue weighted by Crippen LogP contribution is 2.43. The van der Waals surface area contributed by atoms with Crippen molar-refractivity contribution in [1.29, 1.82) is 0 Å². The van der Waals surface area contributed by atoms with Crippen LogP contribution in [0.5, 0.6) is 0 Å². The van der Waals surface area contributed by atoms with E-state index in [9.17, 15) is 19.4 Å². The molecule has 19 heavy (non-hydrogen) atoms. The summed E-state index contributed by atoms with van der Waals surface area (Å²) in [4.78, 5) is 15.2. The maximum absolute atomic E-state index is 13.0. The molecule has 1 aliphatic rings. The number of nitrogens with two attached hydrogens (primary N) is 1. The molecular formula is C11H16FN3O4. The van der Waals surface area contributed by atoms with E-state index in [1.807, 2.05) is 0 Å². The molecule has 1 aliphatic heterocycles. The summed E-state index contributed by atoms with van der Waals surface area (Å²) in [5.41, 5.74) is 1.65. The van der Waals surface area contributed by atoms with Gasteiger partial charge in [0.2, 0.25) is 0 Å². The highest BCUT2D eigenvalue weighted by molar-refractivity contribution is 5.23. The lowest BCUT2D eigenvalue weighted by Gasteiger charge is -2.25. The van der Waals surface area contributed by atoms with Gasteiger partial charge in [0.05, 0.1) is 6.61 Å². The predicted octanol–water partition coefficient (Wildman–Crippen LogP) is -0.804. The van der Waals surface area contributed by atoms with Gasteiger partial charge in [-0.2, -0.15) is 4.98 Å². The van der Waals surface area contributed by atoms with Gasteiger partial charge >= 0.3 is 5.69 Å². The number of aliphatic hydroxyl groups is 2. The monoisotopic (exact) mass is 273 g/mol. The van der Waals surface area contributed by atoms with Crippen LogP contribution in [0.1, 0.15) is 19.6 Å². The molecule has 7 nitrogen and oxygen atoms in total. The van der Waals surface area contributed by atoms with Gasteiger partial charge in [0.25, 0.3) is 0 Å². The number of anilines is 1. The molecular weight excluding hydrogens is 257 g/mol. The van der Waals surface area contributed by atoms with Crippen molar-refractivity contribution in [2.24, 2.45) is 0 Å². The number of nitrogens with zero attached hydrogens (tertiary/aromatic N) is 2. The third kappa shape index (κ3) is 2.34.